The second kappa shape index (κ2) is 7.87. The molecule has 0 bridgehead atoms. The summed E-state index contributed by atoms with van der Waals surface area (Å²) in [6.07, 6.45) is 3.83. The molecule has 0 spiro atoms. The van der Waals surface area contributed by atoms with Crippen LogP contribution in [-0.4, -0.2) is 36.8 Å². The molecule has 2 aromatic rings. The largest absolute Gasteiger partial charge is 0.447 e. The number of aromatic nitrogens is 1. The van der Waals surface area contributed by atoms with Crippen LogP contribution in [0, 0.1) is 5.92 Å². The smallest absolute Gasteiger partial charge is 0.415 e. The first-order chi connectivity index (χ1) is 12.8. The van der Waals surface area contributed by atoms with Crippen molar-refractivity contribution >= 4 is 11.9 Å². The third kappa shape index (κ3) is 3.88. The maximum Gasteiger partial charge on any atom is 0.415 e. The van der Waals surface area contributed by atoms with Gasteiger partial charge in [0, 0.05) is 5.69 Å². The van der Waals surface area contributed by atoms with Crippen molar-refractivity contribution in [2.24, 2.45) is 5.92 Å². The fraction of sp³-hybridized carbons (Fsp3) is 0.429. The molecule has 0 unspecified atom stereocenters. The summed E-state index contributed by atoms with van der Waals surface area (Å²) < 4.78 is 5.33. The van der Waals surface area contributed by atoms with Gasteiger partial charge >= 0.3 is 6.09 Å². The highest BCUT2D eigenvalue weighted by molar-refractivity contribution is 5.89. The number of cyclic esters (lactones) is 1. The molecule has 2 fully saturated rings. The molecule has 0 saturated carbocycles. The van der Waals surface area contributed by atoms with Crippen molar-refractivity contribution in [1.82, 2.24) is 10.3 Å². The van der Waals surface area contributed by atoms with Crippen LogP contribution in [0.1, 0.15) is 24.1 Å². The van der Waals surface area contributed by atoms with Crippen molar-refractivity contribution in [3.8, 4) is 0 Å². The summed E-state index contributed by atoms with van der Waals surface area (Å²) in [4.78, 5) is 18.8. The number of rotatable bonds is 5. The number of nitrogens with zero attached hydrogens (tertiary/aromatic N) is 2. The standard InChI is InChI=1S/C21H25N3O2/c25-21-24(19(15-26-21)14-16-5-2-1-3-6-16)20-8-4-7-18(23-20)13-17-9-11-22-12-10-17/h1-8,17,19,22H,9-15H2/t19-/m1/s1. The number of pyridine rings is 1. The Hall–Kier alpha value is -2.40. The Kier molecular flexibility index (Phi) is 5.16. The number of carbonyl (C=O) groups excluding carboxylic acids is 1. The molecule has 26 heavy (non-hydrogen) atoms. The molecule has 3 heterocycles. The van der Waals surface area contributed by atoms with Gasteiger partial charge in [0.2, 0.25) is 0 Å². The molecule has 2 saturated heterocycles. The van der Waals surface area contributed by atoms with Crippen LogP contribution in [-0.2, 0) is 17.6 Å². The fourth-order valence-corrected chi connectivity index (χ4v) is 3.87. The molecule has 1 N–H and O–H groups in total. The van der Waals surface area contributed by atoms with Crippen LogP contribution in [0.2, 0.25) is 0 Å². The van der Waals surface area contributed by atoms with Gasteiger partial charge in [0.15, 0.2) is 0 Å². The van der Waals surface area contributed by atoms with Crippen molar-refractivity contribution in [1.29, 1.82) is 0 Å². The first-order valence-corrected chi connectivity index (χ1v) is 9.46. The second-order valence-corrected chi connectivity index (χ2v) is 7.18. The Morgan fingerprint density at radius 3 is 2.65 bits per heavy atom. The zero-order valence-corrected chi connectivity index (χ0v) is 14.9. The molecular weight excluding hydrogens is 326 g/mol. The van der Waals surface area contributed by atoms with E-state index in [2.05, 4.69) is 23.5 Å². The molecule has 136 valence electrons. The molecule has 1 aromatic carbocycles. The predicted molar refractivity (Wildman–Crippen MR) is 101 cm³/mol. The van der Waals surface area contributed by atoms with E-state index in [9.17, 15) is 4.79 Å². The number of benzene rings is 1. The lowest BCUT2D eigenvalue weighted by molar-refractivity contribution is 0.178. The SMILES string of the molecule is O=C1OC[C@@H](Cc2ccccc2)N1c1cccc(CC2CCNCC2)n1. The van der Waals surface area contributed by atoms with Gasteiger partial charge in [0.05, 0.1) is 6.04 Å². The summed E-state index contributed by atoms with van der Waals surface area (Å²) in [5.74, 6) is 1.38. The number of anilines is 1. The number of hydrogen-bond acceptors (Lipinski definition) is 4. The van der Waals surface area contributed by atoms with Gasteiger partial charge in [-0.15, -0.1) is 0 Å². The van der Waals surface area contributed by atoms with E-state index in [1.165, 1.54) is 18.4 Å². The molecule has 2 aliphatic heterocycles. The van der Waals surface area contributed by atoms with Gasteiger partial charge in [-0.2, -0.15) is 0 Å². The Balaban J connectivity index is 1.50. The molecule has 1 amide bonds. The fourth-order valence-electron chi connectivity index (χ4n) is 3.87. The summed E-state index contributed by atoms with van der Waals surface area (Å²) in [5, 5.41) is 3.40. The van der Waals surface area contributed by atoms with Gasteiger partial charge in [-0.05, 0) is 62.4 Å². The zero-order valence-electron chi connectivity index (χ0n) is 14.9. The Morgan fingerprint density at radius 2 is 1.85 bits per heavy atom. The van der Waals surface area contributed by atoms with E-state index in [4.69, 9.17) is 9.72 Å². The van der Waals surface area contributed by atoms with Crippen molar-refractivity contribution < 1.29 is 9.53 Å². The number of amides is 1. The van der Waals surface area contributed by atoms with E-state index in [1.807, 2.05) is 30.3 Å². The van der Waals surface area contributed by atoms with Crippen LogP contribution < -0.4 is 10.2 Å². The van der Waals surface area contributed by atoms with Gasteiger partial charge < -0.3 is 10.1 Å². The first-order valence-electron chi connectivity index (χ1n) is 9.46. The maximum absolute atomic E-state index is 12.3. The van der Waals surface area contributed by atoms with Gasteiger partial charge in [-0.25, -0.2) is 9.78 Å². The van der Waals surface area contributed by atoms with Crippen molar-refractivity contribution in [2.75, 3.05) is 24.6 Å². The van der Waals surface area contributed by atoms with Crippen LogP contribution in [0.5, 0.6) is 0 Å². The summed E-state index contributed by atoms with van der Waals surface area (Å²) in [6, 6.07) is 16.2. The molecule has 1 aromatic heterocycles. The molecule has 1 atom stereocenters. The van der Waals surface area contributed by atoms with Crippen LogP contribution in [0.3, 0.4) is 0 Å². The van der Waals surface area contributed by atoms with E-state index in [1.54, 1.807) is 4.90 Å². The van der Waals surface area contributed by atoms with Gasteiger partial charge in [-0.1, -0.05) is 36.4 Å². The van der Waals surface area contributed by atoms with E-state index >= 15 is 0 Å². The van der Waals surface area contributed by atoms with Gasteiger partial charge in [-0.3, -0.25) is 4.90 Å². The lowest BCUT2D eigenvalue weighted by atomic mass is 9.93. The minimum absolute atomic E-state index is 0.00784. The van der Waals surface area contributed by atoms with E-state index < -0.39 is 0 Å². The van der Waals surface area contributed by atoms with E-state index in [0.717, 1.165) is 31.6 Å². The van der Waals surface area contributed by atoms with Crippen molar-refractivity contribution in [2.45, 2.75) is 31.7 Å². The van der Waals surface area contributed by atoms with Crippen LogP contribution in [0.15, 0.2) is 48.5 Å². The maximum atomic E-state index is 12.3. The molecule has 0 radical (unpaired) electrons. The summed E-state index contributed by atoms with van der Waals surface area (Å²) in [5.41, 5.74) is 2.26. The number of nitrogens with one attached hydrogen (secondary N) is 1. The predicted octanol–water partition coefficient (Wildman–Crippen LogP) is 3.19. The molecule has 0 aliphatic carbocycles. The Bertz CT molecular complexity index is 744. The van der Waals surface area contributed by atoms with E-state index in [0.29, 0.717) is 18.3 Å². The molecular formula is C21H25N3O2. The first kappa shape index (κ1) is 17.0. The van der Waals surface area contributed by atoms with Gasteiger partial charge in [0.25, 0.3) is 0 Å². The number of piperidine rings is 1. The topological polar surface area (TPSA) is 54.5 Å². The van der Waals surface area contributed by atoms with Crippen LogP contribution in [0.25, 0.3) is 0 Å². The van der Waals surface area contributed by atoms with Crippen LogP contribution >= 0.6 is 0 Å². The third-order valence-electron chi connectivity index (χ3n) is 5.27. The average Bonchev–Trinajstić information content (AvgIpc) is 3.04. The minimum Gasteiger partial charge on any atom is -0.447 e. The highest BCUT2D eigenvalue weighted by Gasteiger charge is 2.35. The number of ether oxygens (including phenoxy) is 1. The highest BCUT2D eigenvalue weighted by atomic mass is 16.6. The third-order valence-corrected chi connectivity index (χ3v) is 5.27. The molecule has 5 heteroatoms. The minimum atomic E-state index is -0.294. The normalized spacial score (nSPS) is 21.0. The molecule has 5 nitrogen and oxygen atoms in total. The monoisotopic (exact) mass is 351 g/mol. The molecule has 4 rings (SSSR count). The highest BCUT2D eigenvalue weighted by Crippen LogP contribution is 2.25. The van der Waals surface area contributed by atoms with Crippen LogP contribution in [0.4, 0.5) is 10.6 Å². The summed E-state index contributed by atoms with van der Waals surface area (Å²) >= 11 is 0. The Morgan fingerprint density at radius 1 is 1.04 bits per heavy atom. The second-order valence-electron chi connectivity index (χ2n) is 7.18. The quantitative estimate of drug-likeness (QED) is 0.899. The van der Waals surface area contributed by atoms with Crippen molar-refractivity contribution in [3.05, 3.63) is 59.8 Å². The molecule has 2 aliphatic rings. The average molecular weight is 351 g/mol. The summed E-state index contributed by atoms with van der Waals surface area (Å²) in [6.45, 7) is 2.58. The lowest BCUT2D eigenvalue weighted by Gasteiger charge is -2.24. The van der Waals surface area contributed by atoms with Gasteiger partial charge in [0.1, 0.15) is 12.4 Å². The summed E-state index contributed by atoms with van der Waals surface area (Å²) in [7, 11) is 0. The van der Waals surface area contributed by atoms with Crippen molar-refractivity contribution in [3.63, 3.8) is 0 Å². The number of carbonyl (C=O) groups is 1. The Labute approximate surface area is 154 Å². The zero-order chi connectivity index (χ0) is 17.8. The number of hydrogen-bond donors (Lipinski definition) is 1. The van der Waals surface area contributed by atoms with E-state index in [-0.39, 0.29) is 12.1 Å². The lowest BCUT2D eigenvalue weighted by Crippen LogP contribution is -2.36.